The van der Waals surface area contributed by atoms with E-state index in [1.807, 2.05) is 0 Å². The van der Waals surface area contributed by atoms with E-state index in [0.717, 1.165) is 0 Å². The zero-order chi connectivity index (χ0) is 7.72. The molecule has 1 rings (SSSR count). The quantitative estimate of drug-likeness (QED) is 0.595. The van der Waals surface area contributed by atoms with Gasteiger partial charge in [0.2, 0.25) is 0 Å². The maximum Gasteiger partial charge on any atom is 0.164 e. The third kappa shape index (κ3) is 1.32. The van der Waals surface area contributed by atoms with E-state index in [1.165, 1.54) is 0 Å². The van der Waals surface area contributed by atoms with Crippen molar-refractivity contribution in [1.82, 2.24) is 0 Å². The Balaban J connectivity index is 2.53. The van der Waals surface area contributed by atoms with Crippen molar-refractivity contribution in [3.63, 3.8) is 0 Å². The molecule has 0 aromatic heterocycles. The summed E-state index contributed by atoms with van der Waals surface area (Å²) in [7, 11) is 0. The first-order valence-electron chi connectivity index (χ1n) is 2.89. The van der Waals surface area contributed by atoms with Crippen molar-refractivity contribution >= 4 is 15.9 Å². The summed E-state index contributed by atoms with van der Waals surface area (Å²) in [5.74, 6) is 0. The molecule has 2 N–H and O–H groups in total. The van der Waals surface area contributed by atoms with Crippen LogP contribution in [0, 0.1) is 0 Å². The van der Waals surface area contributed by atoms with Gasteiger partial charge < -0.3 is 14.9 Å². The van der Waals surface area contributed by atoms with Crippen molar-refractivity contribution in [2.75, 3.05) is 6.61 Å². The van der Waals surface area contributed by atoms with Crippen LogP contribution in [0.2, 0.25) is 0 Å². The van der Waals surface area contributed by atoms with Crippen LogP contribution in [0.15, 0.2) is 0 Å². The Hall–Kier alpha value is 0.290. The van der Waals surface area contributed by atoms with Crippen molar-refractivity contribution in [2.45, 2.75) is 23.4 Å². The maximum absolute atomic E-state index is 12.6. The third-order valence-corrected chi connectivity index (χ3v) is 2.16. The molecule has 1 unspecified atom stereocenters. The summed E-state index contributed by atoms with van der Waals surface area (Å²) in [4.78, 5) is 0. The van der Waals surface area contributed by atoms with Crippen LogP contribution in [-0.2, 0) is 4.74 Å². The van der Waals surface area contributed by atoms with Crippen molar-refractivity contribution in [2.24, 2.45) is 0 Å². The molecular weight excluding hydrogens is 207 g/mol. The summed E-state index contributed by atoms with van der Waals surface area (Å²) in [6.45, 7) is -0.357. The van der Waals surface area contributed by atoms with Crippen LogP contribution in [0.4, 0.5) is 4.39 Å². The number of rotatable bonds is 1. The predicted octanol–water partition coefficient (Wildman–Crippen LogP) is -0.203. The summed E-state index contributed by atoms with van der Waals surface area (Å²) in [6.07, 6.45) is -3.45. The van der Waals surface area contributed by atoms with E-state index in [4.69, 9.17) is 14.9 Å². The van der Waals surface area contributed by atoms with Gasteiger partial charge in [-0.3, -0.25) is 0 Å². The molecule has 1 aliphatic rings. The Labute approximate surface area is 65.9 Å². The van der Waals surface area contributed by atoms with Gasteiger partial charge in [0.15, 0.2) is 6.17 Å². The molecule has 0 aromatic carbocycles. The van der Waals surface area contributed by atoms with E-state index >= 15 is 0 Å². The number of hydrogen-bond donors (Lipinski definition) is 2. The molecular formula is C5H8BrFO3. The molecule has 10 heavy (non-hydrogen) atoms. The maximum atomic E-state index is 12.6. The highest BCUT2D eigenvalue weighted by Gasteiger charge is 2.42. The first-order valence-corrected chi connectivity index (χ1v) is 3.81. The van der Waals surface area contributed by atoms with Gasteiger partial charge in [-0.2, -0.15) is 0 Å². The SMILES string of the molecule is OC[C@H]1OC(Br)[C@@H](F)[C@@H]1O. The summed E-state index contributed by atoms with van der Waals surface area (Å²) >= 11 is 2.86. The normalized spacial score (nSPS) is 48.0. The Morgan fingerprint density at radius 2 is 2.20 bits per heavy atom. The smallest absolute Gasteiger partial charge is 0.164 e. The van der Waals surface area contributed by atoms with E-state index in [-0.39, 0.29) is 6.61 Å². The molecule has 0 bridgehead atoms. The molecule has 0 saturated carbocycles. The summed E-state index contributed by atoms with van der Waals surface area (Å²) in [5, 5.41) is 16.6. The molecule has 1 fully saturated rings. The zero-order valence-corrected chi connectivity index (χ0v) is 6.66. The lowest BCUT2D eigenvalue weighted by Gasteiger charge is -2.08. The summed E-state index contributed by atoms with van der Waals surface area (Å²) in [6, 6.07) is 0. The number of hydrogen-bond acceptors (Lipinski definition) is 3. The van der Waals surface area contributed by atoms with E-state index in [2.05, 4.69) is 15.9 Å². The van der Waals surface area contributed by atoms with Crippen LogP contribution in [0.3, 0.4) is 0 Å². The van der Waals surface area contributed by atoms with Gasteiger partial charge in [-0.05, 0) is 0 Å². The molecule has 1 saturated heterocycles. The van der Waals surface area contributed by atoms with Crippen molar-refractivity contribution in [3.8, 4) is 0 Å². The van der Waals surface area contributed by atoms with Gasteiger partial charge in [0.25, 0.3) is 0 Å². The van der Waals surface area contributed by atoms with E-state index < -0.39 is 23.4 Å². The molecule has 0 radical (unpaired) electrons. The van der Waals surface area contributed by atoms with Crippen LogP contribution in [-0.4, -0.2) is 40.2 Å². The molecule has 0 spiro atoms. The minimum atomic E-state index is -1.45. The lowest BCUT2D eigenvalue weighted by molar-refractivity contribution is -0.00348. The molecule has 0 aliphatic carbocycles. The fraction of sp³-hybridized carbons (Fsp3) is 1.00. The van der Waals surface area contributed by atoms with E-state index in [0.29, 0.717) is 0 Å². The number of ether oxygens (including phenoxy) is 1. The van der Waals surface area contributed by atoms with Crippen LogP contribution >= 0.6 is 15.9 Å². The molecule has 0 amide bonds. The lowest BCUT2D eigenvalue weighted by Crippen LogP contribution is -2.30. The Morgan fingerprint density at radius 3 is 2.40 bits per heavy atom. The average molecular weight is 215 g/mol. The molecule has 4 atom stereocenters. The third-order valence-electron chi connectivity index (χ3n) is 1.44. The topological polar surface area (TPSA) is 49.7 Å². The second-order valence-electron chi connectivity index (χ2n) is 2.14. The van der Waals surface area contributed by atoms with Gasteiger partial charge in [-0.1, -0.05) is 15.9 Å². The average Bonchev–Trinajstić information content (AvgIpc) is 2.17. The number of aliphatic hydroxyl groups is 2. The van der Waals surface area contributed by atoms with Crippen LogP contribution in [0.1, 0.15) is 0 Å². The Kier molecular flexibility index (Phi) is 2.62. The zero-order valence-electron chi connectivity index (χ0n) is 5.08. The van der Waals surface area contributed by atoms with Gasteiger partial charge >= 0.3 is 0 Å². The van der Waals surface area contributed by atoms with Crippen molar-refractivity contribution < 1.29 is 19.3 Å². The van der Waals surface area contributed by atoms with Crippen LogP contribution in [0.25, 0.3) is 0 Å². The fourth-order valence-corrected chi connectivity index (χ4v) is 1.42. The first kappa shape index (κ1) is 8.39. The first-order chi connectivity index (χ1) is 4.66. The molecule has 1 aliphatic heterocycles. The standard InChI is InChI=1S/C5H8BrFO3/c6-5-3(7)4(9)2(1-8)10-5/h2-5,8-9H,1H2/t2-,3+,4-,5?/m1/s1. The largest absolute Gasteiger partial charge is 0.394 e. The van der Waals surface area contributed by atoms with Crippen LogP contribution < -0.4 is 0 Å². The van der Waals surface area contributed by atoms with Gasteiger partial charge in [-0.25, -0.2) is 4.39 Å². The van der Waals surface area contributed by atoms with Gasteiger partial charge in [0.1, 0.15) is 17.2 Å². The highest BCUT2D eigenvalue weighted by molar-refractivity contribution is 9.09. The van der Waals surface area contributed by atoms with Gasteiger partial charge in [0.05, 0.1) is 6.61 Å². The minimum absolute atomic E-state index is 0.357. The lowest BCUT2D eigenvalue weighted by atomic mass is 10.2. The second kappa shape index (κ2) is 3.13. The number of alkyl halides is 2. The highest BCUT2D eigenvalue weighted by Crippen LogP contribution is 2.27. The molecule has 3 nitrogen and oxygen atoms in total. The monoisotopic (exact) mass is 214 g/mol. The number of halogens is 2. The fourth-order valence-electron chi connectivity index (χ4n) is 0.834. The molecule has 5 heteroatoms. The Bertz CT molecular complexity index is 123. The molecule has 60 valence electrons. The number of aliphatic hydroxyl groups excluding tert-OH is 2. The molecule has 1 heterocycles. The summed E-state index contributed by atoms with van der Waals surface area (Å²) in [5.41, 5.74) is 0. The predicted molar refractivity (Wildman–Crippen MR) is 35.6 cm³/mol. The van der Waals surface area contributed by atoms with Gasteiger partial charge in [-0.15, -0.1) is 0 Å². The molecule has 0 aromatic rings. The summed E-state index contributed by atoms with van der Waals surface area (Å²) < 4.78 is 17.4. The van der Waals surface area contributed by atoms with Crippen LogP contribution in [0.5, 0.6) is 0 Å². The Morgan fingerprint density at radius 1 is 1.60 bits per heavy atom. The second-order valence-corrected chi connectivity index (χ2v) is 3.05. The highest BCUT2D eigenvalue weighted by atomic mass is 79.9. The van der Waals surface area contributed by atoms with Gasteiger partial charge in [0, 0.05) is 0 Å². The van der Waals surface area contributed by atoms with E-state index in [9.17, 15) is 4.39 Å². The van der Waals surface area contributed by atoms with Crippen molar-refractivity contribution in [3.05, 3.63) is 0 Å². The van der Waals surface area contributed by atoms with E-state index in [1.54, 1.807) is 0 Å². The van der Waals surface area contributed by atoms with Crippen molar-refractivity contribution in [1.29, 1.82) is 0 Å². The minimum Gasteiger partial charge on any atom is -0.394 e.